The van der Waals surface area contributed by atoms with Gasteiger partial charge in [-0.1, -0.05) is 72.8 Å². The molecule has 4 rings (SSSR count). The molecule has 0 bridgehead atoms. The Morgan fingerprint density at radius 1 is 0.875 bits per heavy atom. The number of rotatable bonds is 8. The third-order valence-corrected chi connectivity index (χ3v) is 5.21. The van der Waals surface area contributed by atoms with Crippen LogP contribution in [-0.4, -0.2) is 28.7 Å². The van der Waals surface area contributed by atoms with E-state index in [1.165, 1.54) is 0 Å². The molecule has 0 amide bonds. The first-order valence-corrected chi connectivity index (χ1v) is 10.8. The number of nitrogens with zero attached hydrogens (tertiary/aromatic N) is 2. The van der Waals surface area contributed by atoms with Crippen LogP contribution in [-0.2, 0) is 11.3 Å². The highest BCUT2D eigenvalue weighted by molar-refractivity contribution is 5.92. The van der Waals surface area contributed by atoms with E-state index in [1.54, 1.807) is 25.1 Å². The molecule has 4 aromatic rings. The van der Waals surface area contributed by atoms with Crippen LogP contribution in [0.3, 0.4) is 0 Å². The summed E-state index contributed by atoms with van der Waals surface area (Å²) in [4.78, 5) is 17.1. The van der Waals surface area contributed by atoms with Crippen molar-refractivity contribution in [1.29, 1.82) is 0 Å². The van der Waals surface area contributed by atoms with Gasteiger partial charge in [-0.05, 0) is 26.0 Å². The number of carbonyl (C=O) groups excluding carboxylic acids is 1. The van der Waals surface area contributed by atoms with Crippen LogP contribution in [0, 0.1) is 6.92 Å². The summed E-state index contributed by atoms with van der Waals surface area (Å²) in [5.74, 6) is 1.05. The van der Waals surface area contributed by atoms with Crippen molar-refractivity contribution in [2.24, 2.45) is 0 Å². The number of carbonyl (C=O) groups is 1. The average Bonchev–Trinajstić information content (AvgIpc) is 3.17. The SMILES string of the molecule is CCOC(=O)c1ccccc1OCCn1c(C)nc(-c2ccccc2)c1-c1ccccc1. The van der Waals surface area contributed by atoms with E-state index >= 15 is 0 Å². The van der Waals surface area contributed by atoms with E-state index in [-0.39, 0.29) is 5.97 Å². The molecule has 0 fully saturated rings. The highest BCUT2D eigenvalue weighted by Gasteiger charge is 2.18. The van der Waals surface area contributed by atoms with Crippen LogP contribution < -0.4 is 4.74 Å². The molecule has 0 N–H and O–H groups in total. The summed E-state index contributed by atoms with van der Waals surface area (Å²) in [6, 6.07) is 27.6. The first kappa shape index (κ1) is 21.4. The van der Waals surface area contributed by atoms with Crippen molar-refractivity contribution in [2.75, 3.05) is 13.2 Å². The maximum atomic E-state index is 12.2. The van der Waals surface area contributed by atoms with Crippen LogP contribution in [0.15, 0.2) is 84.9 Å². The van der Waals surface area contributed by atoms with Gasteiger partial charge >= 0.3 is 5.97 Å². The predicted molar refractivity (Wildman–Crippen MR) is 126 cm³/mol. The lowest BCUT2D eigenvalue weighted by Crippen LogP contribution is -2.13. The van der Waals surface area contributed by atoms with Crippen LogP contribution in [0.4, 0.5) is 0 Å². The maximum Gasteiger partial charge on any atom is 0.341 e. The monoisotopic (exact) mass is 426 g/mol. The smallest absolute Gasteiger partial charge is 0.341 e. The minimum Gasteiger partial charge on any atom is -0.491 e. The van der Waals surface area contributed by atoms with Gasteiger partial charge < -0.3 is 14.0 Å². The molecule has 32 heavy (non-hydrogen) atoms. The zero-order valence-electron chi connectivity index (χ0n) is 18.3. The van der Waals surface area contributed by atoms with Crippen LogP contribution in [0.1, 0.15) is 23.1 Å². The first-order valence-electron chi connectivity index (χ1n) is 10.8. The summed E-state index contributed by atoms with van der Waals surface area (Å²) in [6.45, 7) is 5.10. The second-order valence-electron chi connectivity index (χ2n) is 7.31. The van der Waals surface area contributed by atoms with E-state index in [0.29, 0.717) is 31.1 Å². The second kappa shape index (κ2) is 9.96. The Labute approximate surface area is 188 Å². The van der Waals surface area contributed by atoms with Gasteiger partial charge in [0.25, 0.3) is 0 Å². The van der Waals surface area contributed by atoms with Crippen LogP contribution in [0.25, 0.3) is 22.5 Å². The third-order valence-electron chi connectivity index (χ3n) is 5.21. The summed E-state index contributed by atoms with van der Waals surface area (Å²) in [7, 11) is 0. The molecular weight excluding hydrogens is 400 g/mol. The van der Waals surface area contributed by atoms with Gasteiger partial charge in [-0.25, -0.2) is 9.78 Å². The Balaban J connectivity index is 1.63. The minimum atomic E-state index is -0.377. The summed E-state index contributed by atoms with van der Waals surface area (Å²) < 4.78 is 13.3. The Bertz CT molecular complexity index is 1180. The fourth-order valence-electron chi connectivity index (χ4n) is 3.74. The molecule has 0 aliphatic carbocycles. The standard InChI is InChI=1S/C27H26N2O3/c1-3-31-27(30)23-16-10-11-17-24(23)32-19-18-29-20(2)28-25(21-12-6-4-7-13-21)26(29)22-14-8-5-9-15-22/h4-17H,3,18-19H2,1-2H3. The van der Waals surface area contributed by atoms with Gasteiger partial charge in [-0.3, -0.25) is 0 Å². The van der Waals surface area contributed by atoms with E-state index < -0.39 is 0 Å². The van der Waals surface area contributed by atoms with E-state index in [0.717, 1.165) is 28.3 Å². The fourth-order valence-corrected chi connectivity index (χ4v) is 3.74. The van der Waals surface area contributed by atoms with Gasteiger partial charge in [-0.15, -0.1) is 0 Å². The number of ether oxygens (including phenoxy) is 2. The molecule has 0 radical (unpaired) electrons. The zero-order valence-corrected chi connectivity index (χ0v) is 18.3. The highest BCUT2D eigenvalue weighted by Crippen LogP contribution is 2.32. The Morgan fingerprint density at radius 3 is 2.19 bits per heavy atom. The second-order valence-corrected chi connectivity index (χ2v) is 7.31. The summed E-state index contributed by atoms with van der Waals surface area (Å²) in [5.41, 5.74) is 4.60. The molecule has 0 saturated heterocycles. The lowest BCUT2D eigenvalue weighted by atomic mass is 10.0. The van der Waals surface area contributed by atoms with Crippen LogP contribution >= 0.6 is 0 Å². The van der Waals surface area contributed by atoms with Crippen molar-refractivity contribution in [3.63, 3.8) is 0 Å². The highest BCUT2D eigenvalue weighted by atomic mass is 16.5. The number of aryl methyl sites for hydroxylation is 1. The third kappa shape index (κ3) is 4.57. The molecule has 0 spiro atoms. The quantitative estimate of drug-likeness (QED) is 0.335. The molecule has 3 aromatic carbocycles. The molecule has 1 aromatic heterocycles. The normalized spacial score (nSPS) is 10.7. The average molecular weight is 427 g/mol. The van der Waals surface area contributed by atoms with Crippen LogP contribution in [0.2, 0.25) is 0 Å². The largest absolute Gasteiger partial charge is 0.491 e. The summed E-state index contributed by atoms with van der Waals surface area (Å²) in [6.07, 6.45) is 0. The first-order chi connectivity index (χ1) is 15.7. The van der Waals surface area contributed by atoms with Gasteiger partial charge in [-0.2, -0.15) is 0 Å². The number of aromatic nitrogens is 2. The topological polar surface area (TPSA) is 53.4 Å². The van der Waals surface area contributed by atoms with E-state index in [1.807, 2.05) is 49.4 Å². The van der Waals surface area contributed by atoms with E-state index in [2.05, 4.69) is 28.8 Å². The fraction of sp³-hybridized carbons (Fsp3) is 0.185. The van der Waals surface area contributed by atoms with Crippen molar-refractivity contribution in [1.82, 2.24) is 9.55 Å². The molecule has 5 nitrogen and oxygen atoms in total. The van der Waals surface area contributed by atoms with Crippen molar-refractivity contribution >= 4 is 5.97 Å². The minimum absolute atomic E-state index is 0.324. The van der Waals surface area contributed by atoms with Gasteiger partial charge in [0, 0.05) is 11.1 Å². The molecule has 5 heteroatoms. The number of hydrogen-bond donors (Lipinski definition) is 0. The van der Waals surface area contributed by atoms with Crippen molar-refractivity contribution < 1.29 is 14.3 Å². The lowest BCUT2D eigenvalue weighted by molar-refractivity contribution is 0.0521. The maximum absolute atomic E-state index is 12.2. The van der Waals surface area contributed by atoms with Gasteiger partial charge in [0.05, 0.1) is 24.5 Å². The number of esters is 1. The Hall–Kier alpha value is -3.86. The number of benzene rings is 3. The van der Waals surface area contributed by atoms with Crippen molar-refractivity contribution in [3.8, 4) is 28.3 Å². The number of para-hydroxylation sites is 1. The molecule has 0 unspecified atom stereocenters. The molecular formula is C27H26N2O3. The van der Waals surface area contributed by atoms with E-state index in [9.17, 15) is 4.79 Å². The van der Waals surface area contributed by atoms with Gasteiger partial charge in [0.15, 0.2) is 0 Å². The predicted octanol–water partition coefficient (Wildman–Crippen LogP) is 5.78. The molecule has 1 heterocycles. The van der Waals surface area contributed by atoms with Crippen molar-refractivity contribution in [3.05, 3.63) is 96.3 Å². The van der Waals surface area contributed by atoms with E-state index in [4.69, 9.17) is 14.5 Å². The number of imidazole rings is 1. The van der Waals surface area contributed by atoms with Crippen molar-refractivity contribution in [2.45, 2.75) is 20.4 Å². The molecule has 0 atom stereocenters. The van der Waals surface area contributed by atoms with Gasteiger partial charge in [0.1, 0.15) is 23.7 Å². The molecule has 0 aliphatic rings. The Morgan fingerprint density at radius 2 is 1.50 bits per heavy atom. The summed E-state index contributed by atoms with van der Waals surface area (Å²) >= 11 is 0. The molecule has 0 aliphatic heterocycles. The Kier molecular flexibility index (Phi) is 6.66. The lowest BCUT2D eigenvalue weighted by Gasteiger charge is -2.14. The number of hydrogen-bond acceptors (Lipinski definition) is 4. The summed E-state index contributed by atoms with van der Waals surface area (Å²) in [5, 5.41) is 0. The van der Waals surface area contributed by atoms with Crippen LogP contribution in [0.5, 0.6) is 5.75 Å². The molecule has 162 valence electrons. The zero-order chi connectivity index (χ0) is 22.3. The van der Waals surface area contributed by atoms with Gasteiger partial charge in [0.2, 0.25) is 0 Å². The molecule has 0 saturated carbocycles.